The molecule has 21 heavy (non-hydrogen) atoms. The van der Waals surface area contributed by atoms with Gasteiger partial charge >= 0.3 is 0 Å². The fraction of sp³-hybridized carbons (Fsp3) is 0.467. The van der Waals surface area contributed by atoms with E-state index in [0.29, 0.717) is 6.54 Å². The first-order valence-electron chi connectivity index (χ1n) is 7.23. The standard InChI is InChI=1S/C15H16N4O2/c16-3-6-19-12-8-14-13(20-10-21-14)7-11(12)17-15(19)9-18-4-1-2-5-18/h7-8H,1-2,4-6,9-10H2. The van der Waals surface area contributed by atoms with E-state index >= 15 is 0 Å². The molecule has 1 aromatic carbocycles. The van der Waals surface area contributed by atoms with Gasteiger partial charge in [-0.2, -0.15) is 5.26 Å². The first-order chi connectivity index (χ1) is 10.3. The number of hydrogen-bond donors (Lipinski definition) is 0. The summed E-state index contributed by atoms with van der Waals surface area (Å²) in [5.41, 5.74) is 1.80. The number of benzene rings is 1. The monoisotopic (exact) mass is 284 g/mol. The van der Waals surface area contributed by atoms with Gasteiger partial charge in [0.1, 0.15) is 12.4 Å². The molecular weight excluding hydrogens is 268 g/mol. The Labute approximate surface area is 122 Å². The van der Waals surface area contributed by atoms with Crippen molar-refractivity contribution >= 4 is 11.0 Å². The van der Waals surface area contributed by atoms with Gasteiger partial charge < -0.3 is 14.0 Å². The summed E-state index contributed by atoms with van der Waals surface area (Å²) in [6, 6.07) is 6.06. The number of aromatic nitrogens is 2. The number of likely N-dealkylation sites (tertiary alicyclic amines) is 1. The van der Waals surface area contributed by atoms with Crippen molar-refractivity contribution in [1.29, 1.82) is 5.26 Å². The van der Waals surface area contributed by atoms with Crippen LogP contribution >= 0.6 is 0 Å². The smallest absolute Gasteiger partial charge is 0.231 e. The van der Waals surface area contributed by atoms with Crippen LogP contribution in [0.5, 0.6) is 11.5 Å². The van der Waals surface area contributed by atoms with Gasteiger partial charge in [0, 0.05) is 12.1 Å². The van der Waals surface area contributed by atoms with E-state index in [-0.39, 0.29) is 6.79 Å². The third kappa shape index (κ3) is 2.10. The molecule has 1 fully saturated rings. The SMILES string of the molecule is N#CCn1c(CN2CCCC2)nc2cc3c(cc21)OCO3. The van der Waals surface area contributed by atoms with E-state index in [0.717, 1.165) is 48.0 Å². The van der Waals surface area contributed by atoms with Crippen LogP contribution < -0.4 is 9.47 Å². The summed E-state index contributed by atoms with van der Waals surface area (Å²) in [5.74, 6) is 2.41. The van der Waals surface area contributed by atoms with Crippen molar-refractivity contribution < 1.29 is 9.47 Å². The zero-order valence-electron chi connectivity index (χ0n) is 11.7. The van der Waals surface area contributed by atoms with Crippen LogP contribution in [0.15, 0.2) is 12.1 Å². The van der Waals surface area contributed by atoms with Crippen LogP contribution in [0.4, 0.5) is 0 Å². The quantitative estimate of drug-likeness (QED) is 0.861. The van der Waals surface area contributed by atoms with Crippen molar-refractivity contribution in [3.8, 4) is 17.6 Å². The molecule has 0 N–H and O–H groups in total. The molecule has 0 radical (unpaired) electrons. The molecule has 6 heteroatoms. The lowest BCUT2D eigenvalue weighted by Crippen LogP contribution is -2.21. The molecule has 0 unspecified atom stereocenters. The van der Waals surface area contributed by atoms with Crippen molar-refractivity contribution in [3.63, 3.8) is 0 Å². The molecule has 0 amide bonds. The van der Waals surface area contributed by atoms with E-state index in [1.54, 1.807) is 0 Å². The summed E-state index contributed by atoms with van der Waals surface area (Å²) in [6.45, 7) is 3.57. The second-order valence-electron chi connectivity index (χ2n) is 5.45. The Morgan fingerprint density at radius 3 is 2.71 bits per heavy atom. The molecule has 6 nitrogen and oxygen atoms in total. The largest absolute Gasteiger partial charge is 0.454 e. The van der Waals surface area contributed by atoms with Crippen LogP contribution in [-0.4, -0.2) is 34.3 Å². The summed E-state index contributed by atoms with van der Waals surface area (Å²) in [4.78, 5) is 7.09. The minimum atomic E-state index is 0.251. The van der Waals surface area contributed by atoms with Gasteiger partial charge in [-0.3, -0.25) is 4.90 Å². The van der Waals surface area contributed by atoms with Gasteiger partial charge in [0.25, 0.3) is 0 Å². The van der Waals surface area contributed by atoms with Crippen LogP contribution in [0, 0.1) is 11.3 Å². The van der Waals surface area contributed by atoms with E-state index in [1.807, 2.05) is 16.7 Å². The molecule has 2 aliphatic rings. The molecule has 0 spiro atoms. The fourth-order valence-corrected chi connectivity index (χ4v) is 3.07. The van der Waals surface area contributed by atoms with Crippen LogP contribution in [0.1, 0.15) is 18.7 Å². The number of nitriles is 1. The predicted octanol–water partition coefficient (Wildman–Crippen LogP) is 1.88. The van der Waals surface area contributed by atoms with Crippen LogP contribution in [0.3, 0.4) is 0 Å². The molecule has 1 aromatic heterocycles. The summed E-state index contributed by atoms with van der Waals surface area (Å²) < 4.78 is 12.8. The highest BCUT2D eigenvalue weighted by atomic mass is 16.7. The van der Waals surface area contributed by atoms with Crippen LogP contribution in [0.2, 0.25) is 0 Å². The van der Waals surface area contributed by atoms with Crippen LogP contribution in [-0.2, 0) is 13.1 Å². The Balaban J connectivity index is 1.78. The van der Waals surface area contributed by atoms with Crippen molar-refractivity contribution in [2.24, 2.45) is 0 Å². The number of rotatable bonds is 3. The number of nitrogens with zero attached hydrogens (tertiary/aromatic N) is 4. The lowest BCUT2D eigenvalue weighted by molar-refractivity contribution is 0.174. The fourth-order valence-electron chi connectivity index (χ4n) is 3.07. The Kier molecular flexibility index (Phi) is 2.93. The maximum atomic E-state index is 9.11. The highest BCUT2D eigenvalue weighted by molar-refractivity contribution is 5.81. The maximum Gasteiger partial charge on any atom is 0.231 e. The average Bonchev–Trinajstić information content (AvgIpc) is 3.19. The van der Waals surface area contributed by atoms with Gasteiger partial charge in [0.05, 0.1) is 23.6 Å². The first kappa shape index (κ1) is 12.5. The number of imidazole rings is 1. The number of hydrogen-bond acceptors (Lipinski definition) is 5. The minimum Gasteiger partial charge on any atom is -0.454 e. The average molecular weight is 284 g/mol. The van der Waals surface area contributed by atoms with Crippen molar-refractivity contribution in [2.75, 3.05) is 19.9 Å². The van der Waals surface area contributed by atoms with Crippen molar-refractivity contribution in [3.05, 3.63) is 18.0 Å². The maximum absolute atomic E-state index is 9.11. The molecule has 108 valence electrons. The van der Waals surface area contributed by atoms with Crippen LogP contribution in [0.25, 0.3) is 11.0 Å². The molecule has 0 aliphatic carbocycles. The topological polar surface area (TPSA) is 63.3 Å². The van der Waals surface area contributed by atoms with Gasteiger partial charge in [-0.25, -0.2) is 4.98 Å². The Hall–Kier alpha value is -2.26. The summed E-state index contributed by atoms with van der Waals surface area (Å²) in [6.07, 6.45) is 2.49. The highest BCUT2D eigenvalue weighted by Gasteiger charge is 2.21. The molecule has 0 saturated carbocycles. The van der Waals surface area contributed by atoms with Gasteiger partial charge in [0.2, 0.25) is 6.79 Å². The van der Waals surface area contributed by atoms with E-state index in [1.165, 1.54) is 12.8 Å². The molecule has 0 atom stereocenters. The van der Waals surface area contributed by atoms with Gasteiger partial charge in [-0.05, 0) is 25.9 Å². The second kappa shape index (κ2) is 4.93. The van der Waals surface area contributed by atoms with Gasteiger partial charge in [-0.1, -0.05) is 0 Å². The van der Waals surface area contributed by atoms with E-state index in [9.17, 15) is 0 Å². The third-order valence-corrected chi connectivity index (χ3v) is 4.11. The molecule has 1 saturated heterocycles. The van der Waals surface area contributed by atoms with E-state index in [2.05, 4.69) is 11.0 Å². The first-order valence-corrected chi connectivity index (χ1v) is 7.23. The molecule has 2 aromatic rings. The van der Waals surface area contributed by atoms with Crippen molar-refractivity contribution in [2.45, 2.75) is 25.9 Å². The normalized spacial score (nSPS) is 17.5. The summed E-state index contributed by atoms with van der Waals surface area (Å²) in [5, 5.41) is 9.11. The lowest BCUT2D eigenvalue weighted by atomic mass is 10.2. The van der Waals surface area contributed by atoms with Gasteiger partial charge in [-0.15, -0.1) is 0 Å². The predicted molar refractivity (Wildman–Crippen MR) is 76.0 cm³/mol. The number of ether oxygens (including phenoxy) is 2. The molecule has 0 bridgehead atoms. The van der Waals surface area contributed by atoms with Gasteiger partial charge in [0.15, 0.2) is 11.5 Å². The lowest BCUT2D eigenvalue weighted by Gasteiger charge is -2.14. The molecule has 2 aliphatic heterocycles. The Bertz CT molecular complexity index is 725. The summed E-state index contributed by atoms with van der Waals surface area (Å²) in [7, 11) is 0. The Morgan fingerprint density at radius 1 is 1.19 bits per heavy atom. The highest BCUT2D eigenvalue weighted by Crippen LogP contribution is 2.36. The van der Waals surface area contributed by atoms with Crippen molar-refractivity contribution in [1.82, 2.24) is 14.5 Å². The Morgan fingerprint density at radius 2 is 1.95 bits per heavy atom. The van der Waals surface area contributed by atoms with E-state index < -0.39 is 0 Å². The number of fused-ring (bicyclic) bond motifs is 2. The van der Waals surface area contributed by atoms with E-state index in [4.69, 9.17) is 19.7 Å². The third-order valence-electron chi connectivity index (χ3n) is 4.11. The second-order valence-corrected chi connectivity index (χ2v) is 5.45. The summed E-state index contributed by atoms with van der Waals surface area (Å²) >= 11 is 0. The molecule has 3 heterocycles. The zero-order valence-corrected chi connectivity index (χ0v) is 11.7. The minimum absolute atomic E-state index is 0.251. The zero-order chi connectivity index (χ0) is 14.2. The molecular formula is C15H16N4O2. The molecule has 4 rings (SSSR count).